The van der Waals surface area contributed by atoms with Gasteiger partial charge in [0, 0.05) is 16.1 Å². The van der Waals surface area contributed by atoms with E-state index in [0.717, 1.165) is 32.7 Å². The number of aromatic nitrogens is 4. The number of carbonyl (C=O) groups excluding carboxylic acids is 1. The molecule has 0 spiro atoms. The second-order valence-corrected chi connectivity index (χ2v) is 6.58. The minimum absolute atomic E-state index is 0.0555. The third-order valence-corrected chi connectivity index (χ3v) is 4.40. The summed E-state index contributed by atoms with van der Waals surface area (Å²) in [6.45, 7) is 5.72. The van der Waals surface area contributed by atoms with E-state index in [1.165, 1.54) is 0 Å². The number of anilines is 1. The molecule has 0 radical (unpaired) electrons. The molecule has 0 atom stereocenters. The van der Waals surface area contributed by atoms with Gasteiger partial charge in [-0.1, -0.05) is 12.1 Å². The molecule has 0 bridgehead atoms. The van der Waals surface area contributed by atoms with Crippen molar-refractivity contribution in [3.8, 4) is 11.4 Å². The van der Waals surface area contributed by atoms with E-state index < -0.39 is 0 Å². The highest BCUT2D eigenvalue weighted by molar-refractivity contribution is 7.11. The Labute approximate surface area is 138 Å². The van der Waals surface area contributed by atoms with Crippen LogP contribution in [0.5, 0.6) is 0 Å². The molecule has 1 amide bonds. The first kappa shape index (κ1) is 15.4. The van der Waals surface area contributed by atoms with Gasteiger partial charge in [0.15, 0.2) is 5.82 Å². The van der Waals surface area contributed by atoms with E-state index in [0.29, 0.717) is 12.2 Å². The molecule has 23 heavy (non-hydrogen) atoms. The van der Waals surface area contributed by atoms with E-state index in [2.05, 4.69) is 25.5 Å². The zero-order chi connectivity index (χ0) is 16.4. The number of aryl methyl sites for hydroxylation is 3. The van der Waals surface area contributed by atoms with Gasteiger partial charge in [-0.3, -0.25) is 9.89 Å². The van der Waals surface area contributed by atoms with E-state index in [-0.39, 0.29) is 5.91 Å². The van der Waals surface area contributed by atoms with Gasteiger partial charge in [0.25, 0.3) is 0 Å². The van der Waals surface area contributed by atoms with Gasteiger partial charge in [-0.05, 0) is 32.9 Å². The molecule has 2 heterocycles. The number of hydrogen-bond acceptors (Lipinski definition) is 5. The van der Waals surface area contributed by atoms with Gasteiger partial charge in [-0.2, -0.15) is 5.10 Å². The maximum atomic E-state index is 12.2. The Hall–Kier alpha value is -2.54. The Morgan fingerprint density at radius 1 is 1.26 bits per heavy atom. The van der Waals surface area contributed by atoms with E-state index in [1.54, 1.807) is 11.3 Å². The molecule has 0 aliphatic carbocycles. The number of carbonyl (C=O) groups is 1. The largest absolute Gasteiger partial charge is 0.326 e. The number of thiazole rings is 1. The standard InChI is InChI=1S/C16H17N5OS/c1-9-14(23-11(3)17-9)8-15(22)19-13-6-4-5-12(7-13)16-18-10(2)20-21-16/h4-7H,8H2,1-3H3,(H,19,22)(H,18,20,21). The molecule has 0 aliphatic heterocycles. The second kappa shape index (κ2) is 6.29. The fourth-order valence-electron chi connectivity index (χ4n) is 2.30. The molecule has 1 aromatic carbocycles. The predicted molar refractivity (Wildman–Crippen MR) is 90.5 cm³/mol. The number of nitrogens with zero attached hydrogens (tertiary/aromatic N) is 3. The maximum Gasteiger partial charge on any atom is 0.229 e. The van der Waals surface area contributed by atoms with Crippen LogP contribution in [0.3, 0.4) is 0 Å². The molecule has 3 rings (SSSR count). The summed E-state index contributed by atoms with van der Waals surface area (Å²) < 4.78 is 0. The van der Waals surface area contributed by atoms with Crippen molar-refractivity contribution < 1.29 is 4.79 Å². The Balaban J connectivity index is 1.72. The van der Waals surface area contributed by atoms with E-state index in [9.17, 15) is 4.79 Å². The fourth-order valence-corrected chi connectivity index (χ4v) is 3.23. The topological polar surface area (TPSA) is 83.6 Å². The van der Waals surface area contributed by atoms with Crippen molar-refractivity contribution in [1.29, 1.82) is 0 Å². The van der Waals surface area contributed by atoms with Crippen molar-refractivity contribution in [2.75, 3.05) is 5.32 Å². The molecule has 0 aliphatic rings. The van der Waals surface area contributed by atoms with Crippen LogP contribution in [0.25, 0.3) is 11.4 Å². The molecule has 2 N–H and O–H groups in total. The first-order chi connectivity index (χ1) is 11.0. The lowest BCUT2D eigenvalue weighted by Gasteiger charge is -2.06. The van der Waals surface area contributed by atoms with Crippen LogP contribution in [0.1, 0.15) is 21.4 Å². The zero-order valence-corrected chi connectivity index (χ0v) is 14.0. The summed E-state index contributed by atoms with van der Waals surface area (Å²) in [6.07, 6.45) is 0.335. The molecule has 0 fully saturated rings. The van der Waals surface area contributed by atoms with Crippen LogP contribution in [0, 0.1) is 20.8 Å². The zero-order valence-electron chi connectivity index (χ0n) is 13.2. The molecule has 6 nitrogen and oxygen atoms in total. The number of rotatable bonds is 4. The Bertz CT molecular complexity index is 852. The van der Waals surface area contributed by atoms with Gasteiger partial charge in [0.05, 0.1) is 17.1 Å². The minimum atomic E-state index is -0.0555. The summed E-state index contributed by atoms with van der Waals surface area (Å²) in [5.41, 5.74) is 2.51. The summed E-state index contributed by atoms with van der Waals surface area (Å²) in [6, 6.07) is 7.50. The van der Waals surface area contributed by atoms with Gasteiger partial charge in [0.1, 0.15) is 5.82 Å². The van der Waals surface area contributed by atoms with Crippen LogP contribution in [0.15, 0.2) is 24.3 Å². The highest BCUT2D eigenvalue weighted by Crippen LogP contribution is 2.21. The smallest absolute Gasteiger partial charge is 0.229 e. The third-order valence-electron chi connectivity index (χ3n) is 3.32. The highest BCUT2D eigenvalue weighted by Gasteiger charge is 2.11. The average Bonchev–Trinajstić information content (AvgIpc) is 3.05. The quantitative estimate of drug-likeness (QED) is 0.771. The van der Waals surface area contributed by atoms with E-state index in [1.807, 2.05) is 45.0 Å². The monoisotopic (exact) mass is 327 g/mol. The van der Waals surface area contributed by atoms with Crippen molar-refractivity contribution in [2.24, 2.45) is 0 Å². The lowest BCUT2D eigenvalue weighted by molar-refractivity contribution is -0.115. The van der Waals surface area contributed by atoms with Crippen LogP contribution in [-0.4, -0.2) is 26.1 Å². The summed E-state index contributed by atoms with van der Waals surface area (Å²) in [7, 11) is 0. The van der Waals surface area contributed by atoms with Crippen LogP contribution in [0.4, 0.5) is 5.69 Å². The second-order valence-electron chi connectivity index (χ2n) is 5.29. The number of hydrogen-bond donors (Lipinski definition) is 2. The molecule has 0 unspecified atom stereocenters. The van der Waals surface area contributed by atoms with Crippen molar-refractivity contribution in [2.45, 2.75) is 27.2 Å². The van der Waals surface area contributed by atoms with Crippen LogP contribution in [-0.2, 0) is 11.2 Å². The minimum Gasteiger partial charge on any atom is -0.326 e. The molecule has 7 heteroatoms. The van der Waals surface area contributed by atoms with Crippen molar-refractivity contribution in [3.05, 3.63) is 45.7 Å². The molecule has 0 saturated carbocycles. The highest BCUT2D eigenvalue weighted by atomic mass is 32.1. The van der Waals surface area contributed by atoms with E-state index in [4.69, 9.17) is 0 Å². The number of H-pyrrole nitrogens is 1. The maximum absolute atomic E-state index is 12.2. The Morgan fingerprint density at radius 2 is 2.09 bits per heavy atom. The molecule has 3 aromatic rings. The van der Waals surface area contributed by atoms with Gasteiger partial charge >= 0.3 is 0 Å². The number of aromatic amines is 1. The fraction of sp³-hybridized carbons (Fsp3) is 0.250. The first-order valence-corrected chi connectivity index (χ1v) is 8.05. The third kappa shape index (κ3) is 3.62. The molecular formula is C16H17N5OS. The Morgan fingerprint density at radius 3 is 2.74 bits per heavy atom. The summed E-state index contributed by atoms with van der Waals surface area (Å²) in [4.78, 5) is 21.9. The van der Waals surface area contributed by atoms with E-state index >= 15 is 0 Å². The van der Waals surface area contributed by atoms with Crippen LogP contribution >= 0.6 is 11.3 Å². The first-order valence-electron chi connectivity index (χ1n) is 7.23. The van der Waals surface area contributed by atoms with Crippen molar-refractivity contribution in [3.63, 3.8) is 0 Å². The van der Waals surface area contributed by atoms with Gasteiger partial charge in [-0.25, -0.2) is 9.97 Å². The summed E-state index contributed by atoms with van der Waals surface area (Å²) in [5, 5.41) is 10.8. The number of nitrogens with one attached hydrogen (secondary N) is 2. The lowest BCUT2D eigenvalue weighted by Crippen LogP contribution is -2.14. The molecular weight excluding hydrogens is 310 g/mol. The number of benzene rings is 1. The number of amides is 1. The molecule has 118 valence electrons. The van der Waals surface area contributed by atoms with Gasteiger partial charge in [0.2, 0.25) is 5.91 Å². The van der Waals surface area contributed by atoms with Crippen LogP contribution in [0.2, 0.25) is 0 Å². The summed E-state index contributed by atoms with van der Waals surface area (Å²) >= 11 is 1.56. The average molecular weight is 327 g/mol. The summed E-state index contributed by atoms with van der Waals surface area (Å²) in [5.74, 6) is 1.32. The van der Waals surface area contributed by atoms with Crippen molar-refractivity contribution >= 4 is 22.9 Å². The van der Waals surface area contributed by atoms with Gasteiger partial charge < -0.3 is 5.32 Å². The molecule has 0 saturated heterocycles. The normalized spacial score (nSPS) is 10.7. The SMILES string of the molecule is Cc1nc(-c2cccc(NC(=O)Cc3sc(C)nc3C)c2)n[nH]1. The van der Waals surface area contributed by atoms with Crippen molar-refractivity contribution in [1.82, 2.24) is 20.2 Å². The predicted octanol–water partition coefficient (Wildman–Crippen LogP) is 3.03. The molecule has 2 aromatic heterocycles. The Kier molecular flexibility index (Phi) is 4.20. The lowest BCUT2D eigenvalue weighted by atomic mass is 10.2. The van der Waals surface area contributed by atoms with Gasteiger partial charge in [-0.15, -0.1) is 11.3 Å². The van der Waals surface area contributed by atoms with Crippen LogP contribution < -0.4 is 5.32 Å².